The van der Waals surface area contributed by atoms with E-state index in [2.05, 4.69) is 48.2 Å². The van der Waals surface area contributed by atoms with Crippen LogP contribution in [0.1, 0.15) is 42.3 Å². The normalized spacial score (nSPS) is 17.2. The van der Waals surface area contributed by atoms with Gasteiger partial charge in [0.25, 0.3) is 0 Å². The second-order valence-electron chi connectivity index (χ2n) is 6.71. The third kappa shape index (κ3) is 6.40. The molecule has 2 rings (SSSR count). The molecule has 5 nitrogen and oxygen atoms in total. The Kier molecular flexibility index (Phi) is 7.99. The topological polar surface area (TPSA) is 52.6 Å². The average Bonchev–Trinajstić information content (AvgIpc) is 2.87. The molecule has 0 atom stereocenters. The number of aromatic nitrogens is 1. The fourth-order valence-corrected chi connectivity index (χ4v) is 3.80. The summed E-state index contributed by atoms with van der Waals surface area (Å²) in [5, 5.41) is 7.97. The molecule has 136 valence electrons. The number of nitrogens with zero attached hydrogens (tertiary/aromatic N) is 3. The average molecular weight is 352 g/mol. The zero-order valence-electron chi connectivity index (χ0n) is 15.7. The van der Waals surface area contributed by atoms with Crippen molar-refractivity contribution in [3.8, 4) is 0 Å². The standard InChI is InChI=1S/C18H33N5S/c1-5-19-18(20-9-6-17-22-15(3)16(4)24-17)21-10-13-23-11-7-14(2)8-12-23/h14H,5-13H2,1-4H3,(H2,19,20,21). The van der Waals surface area contributed by atoms with Gasteiger partial charge in [0.15, 0.2) is 5.96 Å². The monoisotopic (exact) mass is 351 g/mol. The van der Waals surface area contributed by atoms with Crippen molar-refractivity contribution in [2.75, 3.05) is 39.3 Å². The molecule has 1 aromatic rings. The Morgan fingerprint density at radius 1 is 1.29 bits per heavy atom. The van der Waals surface area contributed by atoms with Gasteiger partial charge in [-0.05, 0) is 52.6 Å². The van der Waals surface area contributed by atoms with Crippen LogP contribution in [-0.2, 0) is 6.42 Å². The van der Waals surface area contributed by atoms with Crippen LogP contribution in [-0.4, -0.2) is 55.1 Å². The number of guanidine groups is 1. The molecule has 0 saturated carbocycles. The Hall–Kier alpha value is -1.14. The summed E-state index contributed by atoms with van der Waals surface area (Å²) in [6, 6.07) is 0. The van der Waals surface area contributed by atoms with Gasteiger partial charge in [-0.25, -0.2) is 4.98 Å². The van der Waals surface area contributed by atoms with Crippen LogP contribution in [0, 0.1) is 19.8 Å². The quantitative estimate of drug-likeness (QED) is 0.586. The number of rotatable bonds is 7. The first-order valence-electron chi connectivity index (χ1n) is 9.26. The third-order valence-corrected chi connectivity index (χ3v) is 5.74. The summed E-state index contributed by atoms with van der Waals surface area (Å²) >= 11 is 1.80. The lowest BCUT2D eigenvalue weighted by Gasteiger charge is -2.29. The second-order valence-corrected chi connectivity index (χ2v) is 8.00. The maximum Gasteiger partial charge on any atom is 0.191 e. The predicted molar refractivity (Wildman–Crippen MR) is 104 cm³/mol. The van der Waals surface area contributed by atoms with Gasteiger partial charge < -0.3 is 15.5 Å². The molecule has 0 aromatic carbocycles. The van der Waals surface area contributed by atoms with Gasteiger partial charge in [-0.2, -0.15) is 0 Å². The first-order valence-corrected chi connectivity index (χ1v) is 10.1. The van der Waals surface area contributed by atoms with Crippen LogP contribution in [0.15, 0.2) is 4.99 Å². The van der Waals surface area contributed by atoms with Crippen molar-refractivity contribution in [1.29, 1.82) is 0 Å². The number of nitrogens with one attached hydrogen (secondary N) is 2. The first-order chi connectivity index (χ1) is 11.6. The molecule has 24 heavy (non-hydrogen) atoms. The van der Waals surface area contributed by atoms with E-state index in [0.29, 0.717) is 0 Å². The molecule has 6 heteroatoms. The van der Waals surface area contributed by atoms with Crippen LogP contribution in [0.4, 0.5) is 0 Å². The highest BCUT2D eigenvalue weighted by Gasteiger charge is 2.14. The number of hydrogen-bond acceptors (Lipinski definition) is 4. The van der Waals surface area contributed by atoms with Gasteiger partial charge in [-0.1, -0.05) is 6.92 Å². The highest BCUT2D eigenvalue weighted by molar-refractivity contribution is 7.11. The van der Waals surface area contributed by atoms with E-state index in [0.717, 1.165) is 50.2 Å². The van der Waals surface area contributed by atoms with Gasteiger partial charge in [-0.3, -0.25) is 4.99 Å². The molecular formula is C18H33N5S. The van der Waals surface area contributed by atoms with E-state index in [1.165, 1.54) is 35.8 Å². The van der Waals surface area contributed by atoms with Gasteiger partial charge in [0.1, 0.15) is 0 Å². The van der Waals surface area contributed by atoms with Crippen LogP contribution >= 0.6 is 11.3 Å². The zero-order chi connectivity index (χ0) is 17.4. The minimum Gasteiger partial charge on any atom is -0.357 e. The lowest BCUT2D eigenvalue weighted by Crippen LogP contribution is -2.39. The predicted octanol–water partition coefficient (Wildman–Crippen LogP) is 2.59. The van der Waals surface area contributed by atoms with Crippen molar-refractivity contribution in [2.24, 2.45) is 10.9 Å². The van der Waals surface area contributed by atoms with E-state index in [1.54, 1.807) is 11.3 Å². The summed E-state index contributed by atoms with van der Waals surface area (Å²) in [6.45, 7) is 14.8. The molecule has 0 bridgehead atoms. The van der Waals surface area contributed by atoms with E-state index in [-0.39, 0.29) is 0 Å². The molecule has 1 fully saturated rings. The van der Waals surface area contributed by atoms with Gasteiger partial charge >= 0.3 is 0 Å². The molecule has 0 amide bonds. The van der Waals surface area contributed by atoms with Crippen LogP contribution in [0.2, 0.25) is 0 Å². The van der Waals surface area contributed by atoms with Gasteiger partial charge in [-0.15, -0.1) is 11.3 Å². The van der Waals surface area contributed by atoms with Crippen molar-refractivity contribution >= 4 is 17.3 Å². The van der Waals surface area contributed by atoms with Crippen LogP contribution in [0.5, 0.6) is 0 Å². The lowest BCUT2D eigenvalue weighted by molar-refractivity contribution is 0.197. The number of aryl methyl sites for hydroxylation is 2. The Balaban J connectivity index is 1.71. The fraction of sp³-hybridized carbons (Fsp3) is 0.778. The summed E-state index contributed by atoms with van der Waals surface area (Å²) in [4.78, 5) is 13.2. The zero-order valence-corrected chi connectivity index (χ0v) is 16.5. The van der Waals surface area contributed by atoms with Crippen molar-refractivity contribution in [3.63, 3.8) is 0 Å². The molecule has 0 radical (unpaired) electrons. The smallest absolute Gasteiger partial charge is 0.191 e. The molecule has 1 aromatic heterocycles. The molecule has 1 saturated heterocycles. The maximum absolute atomic E-state index is 4.72. The minimum atomic E-state index is 0.860. The summed E-state index contributed by atoms with van der Waals surface area (Å²) < 4.78 is 0. The van der Waals surface area contributed by atoms with E-state index in [9.17, 15) is 0 Å². The highest BCUT2D eigenvalue weighted by Crippen LogP contribution is 2.16. The van der Waals surface area contributed by atoms with Crippen molar-refractivity contribution in [2.45, 2.75) is 47.0 Å². The van der Waals surface area contributed by atoms with Crippen LogP contribution in [0.3, 0.4) is 0 Å². The number of thiazole rings is 1. The maximum atomic E-state index is 4.72. The largest absolute Gasteiger partial charge is 0.357 e. The van der Waals surface area contributed by atoms with E-state index >= 15 is 0 Å². The Labute approximate surface area is 151 Å². The summed E-state index contributed by atoms with van der Waals surface area (Å²) in [7, 11) is 0. The van der Waals surface area contributed by atoms with Crippen LogP contribution < -0.4 is 10.6 Å². The molecule has 0 aliphatic carbocycles. The fourth-order valence-electron chi connectivity index (χ4n) is 2.86. The van der Waals surface area contributed by atoms with Gasteiger partial charge in [0, 0.05) is 30.9 Å². The Morgan fingerprint density at radius 3 is 2.67 bits per heavy atom. The molecule has 1 aliphatic rings. The molecule has 0 spiro atoms. The molecule has 1 aliphatic heterocycles. The number of likely N-dealkylation sites (tertiary alicyclic amines) is 1. The van der Waals surface area contributed by atoms with Gasteiger partial charge in [0.05, 0.1) is 17.2 Å². The number of aliphatic imine (C=N–C) groups is 1. The summed E-state index contributed by atoms with van der Waals surface area (Å²) in [6.07, 6.45) is 3.61. The third-order valence-electron chi connectivity index (χ3n) is 4.61. The SMILES string of the molecule is CCNC(=NCCN1CCC(C)CC1)NCCc1nc(C)c(C)s1. The number of piperidine rings is 1. The summed E-state index contributed by atoms with van der Waals surface area (Å²) in [5.74, 6) is 1.81. The Bertz CT molecular complexity index is 498. The van der Waals surface area contributed by atoms with Crippen molar-refractivity contribution in [3.05, 3.63) is 15.6 Å². The van der Waals surface area contributed by atoms with E-state index in [1.807, 2.05) is 0 Å². The van der Waals surface area contributed by atoms with E-state index in [4.69, 9.17) is 4.99 Å². The second kappa shape index (κ2) is 9.99. The highest BCUT2D eigenvalue weighted by atomic mass is 32.1. The Morgan fingerprint density at radius 2 is 2.04 bits per heavy atom. The summed E-state index contributed by atoms with van der Waals surface area (Å²) in [5.41, 5.74) is 1.16. The molecule has 2 N–H and O–H groups in total. The number of hydrogen-bond donors (Lipinski definition) is 2. The minimum absolute atomic E-state index is 0.860. The lowest BCUT2D eigenvalue weighted by atomic mass is 9.99. The van der Waals surface area contributed by atoms with Crippen molar-refractivity contribution in [1.82, 2.24) is 20.5 Å². The van der Waals surface area contributed by atoms with Gasteiger partial charge in [0.2, 0.25) is 0 Å². The molecule has 0 unspecified atom stereocenters. The van der Waals surface area contributed by atoms with E-state index < -0.39 is 0 Å². The van der Waals surface area contributed by atoms with Crippen molar-refractivity contribution < 1.29 is 0 Å². The van der Waals surface area contributed by atoms with Crippen LogP contribution in [0.25, 0.3) is 0 Å². The molecular weight excluding hydrogens is 318 g/mol. The first kappa shape index (κ1) is 19.2. The molecule has 2 heterocycles.